The summed E-state index contributed by atoms with van der Waals surface area (Å²) in [6, 6.07) is 5.66. The molecule has 0 bridgehead atoms. The van der Waals surface area contributed by atoms with Crippen LogP contribution < -0.4 is 0 Å². The fourth-order valence-corrected chi connectivity index (χ4v) is 2.69. The summed E-state index contributed by atoms with van der Waals surface area (Å²) < 4.78 is 28.5. The second-order valence-electron chi connectivity index (χ2n) is 3.95. The van der Waals surface area contributed by atoms with Crippen molar-refractivity contribution in [2.45, 2.75) is 25.2 Å². The number of rotatable bonds is 6. The summed E-state index contributed by atoms with van der Waals surface area (Å²) in [6.07, 6.45) is -0.176. The molecule has 0 heterocycles. The zero-order valence-electron chi connectivity index (χ0n) is 10.9. The fraction of sp³-hybridized carbons (Fsp3) is 0.385. The van der Waals surface area contributed by atoms with E-state index in [1.165, 1.54) is 31.2 Å². The van der Waals surface area contributed by atoms with Crippen molar-refractivity contribution in [3.8, 4) is 0 Å². The van der Waals surface area contributed by atoms with E-state index in [2.05, 4.69) is 4.74 Å². The zero-order chi connectivity index (χ0) is 14.5. The molecule has 0 fully saturated rings. The first-order valence-electron chi connectivity index (χ1n) is 5.86. The lowest BCUT2D eigenvalue weighted by Crippen LogP contribution is -2.13. The number of sulfone groups is 1. The Bertz CT molecular complexity index is 557. The fourth-order valence-electron chi connectivity index (χ4n) is 1.47. The van der Waals surface area contributed by atoms with Crippen LogP contribution in [0, 0.1) is 0 Å². The van der Waals surface area contributed by atoms with Crippen LogP contribution in [0.15, 0.2) is 29.2 Å². The van der Waals surface area contributed by atoms with E-state index in [4.69, 9.17) is 0 Å². The highest BCUT2D eigenvalue weighted by Gasteiger charge is 2.17. The van der Waals surface area contributed by atoms with Gasteiger partial charge in [-0.25, -0.2) is 8.42 Å². The molecule has 0 amide bonds. The maximum Gasteiger partial charge on any atom is 0.306 e. The summed E-state index contributed by atoms with van der Waals surface area (Å²) in [5.41, 5.74) is 0.448. The quantitative estimate of drug-likeness (QED) is 0.586. The summed E-state index contributed by atoms with van der Waals surface area (Å²) in [7, 11) is -3.53. The largest absolute Gasteiger partial charge is 0.466 e. The molecule has 1 aromatic rings. The van der Waals surface area contributed by atoms with Crippen molar-refractivity contribution in [2.75, 3.05) is 12.4 Å². The van der Waals surface area contributed by atoms with Gasteiger partial charge in [0, 0.05) is 5.56 Å². The lowest BCUT2D eigenvalue weighted by molar-refractivity contribution is -0.142. The van der Waals surface area contributed by atoms with Crippen molar-refractivity contribution in [3.63, 3.8) is 0 Å². The molecule has 0 saturated heterocycles. The van der Waals surface area contributed by atoms with Crippen molar-refractivity contribution < 1.29 is 22.7 Å². The van der Waals surface area contributed by atoms with Crippen molar-refractivity contribution in [2.24, 2.45) is 0 Å². The van der Waals surface area contributed by atoms with E-state index >= 15 is 0 Å². The Labute approximate surface area is 112 Å². The third kappa shape index (κ3) is 4.48. The molecule has 19 heavy (non-hydrogen) atoms. The molecular weight excluding hydrogens is 268 g/mol. The molecule has 0 N–H and O–H groups in total. The van der Waals surface area contributed by atoms with Crippen LogP contribution in [0.5, 0.6) is 0 Å². The normalized spacial score (nSPS) is 11.1. The predicted molar refractivity (Wildman–Crippen MR) is 69.7 cm³/mol. The monoisotopic (exact) mass is 284 g/mol. The number of hydrogen-bond donors (Lipinski definition) is 0. The smallest absolute Gasteiger partial charge is 0.306 e. The highest BCUT2D eigenvalue weighted by Crippen LogP contribution is 2.14. The van der Waals surface area contributed by atoms with E-state index in [9.17, 15) is 18.0 Å². The molecule has 5 nitrogen and oxygen atoms in total. The number of esters is 1. The number of Topliss-reactive ketones (excluding diaryl/α,β-unsaturated/α-hetero) is 1. The Hall–Kier alpha value is -1.69. The van der Waals surface area contributed by atoms with Crippen molar-refractivity contribution in [1.29, 1.82) is 0 Å². The minimum absolute atomic E-state index is 0.0989. The van der Waals surface area contributed by atoms with Gasteiger partial charge in [-0.2, -0.15) is 0 Å². The second kappa shape index (κ2) is 6.47. The zero-order valence-corrected chi connectivity index (χ0v) is 11.7. The van der Waals surface area contributed by atoms with Crippen molar-refractivity contribution in [1.82, 2.24) is 0 Å². The van der Waals surface area contributed by atoms with Crippen LogP contribution in [0.3, 0.4) is 0 Å². The minimum atomic E-state index is -3.53. The Balaban J connectivity index is 2.77. The van der Waals surface area contributed by atoms with Gasteiger partial charge in [0.25, 0.3) is 0 Å². The minimum Gasteiger partial charge on any atom is -0.466 e. The Morgan fingerprint density at radius 1 is 1.16 bits per heavy atom. The molecule has 104 valence electrons. The van der Waals surface area contributed by atoms with Crippen LogP contribution in [0.4, 0.5) is 0 Å². The van der Waals surface area contributed by atoms with E-state index in [0.717, 1.165) is 0 Å². The lowest BCUT2D eigenvalue weighted by Gasteiger charge is -2.05. The lowest BCUT2D eigenvalue weighted by atomic mass is 10.2. The molecule has 0 radical (unpaired) electrons. The van der Waals surface area contributed by atoms with Crippen LogP contribution in [0.25, 0.3) is 0 Å². The number of hydrogen-bond acceptors (Lipinski definition) is 5. The molecule has 0 aliphatic heterocycles. The molecule has 0 aromatic heterocycles. The number of benzene rings is 1. The van der Waals surface area contributed by atoms with E-state index < -0.39 is 15.8 Å². The molecule has 0 aliphatic rings. The van der Waals surface area contributed by atoms with Gasteiger partial charge >= 0.3 is 5.97 Å². The predicted octanol–water partition coefficient (Wildman–Crippen LogP) is 1.62. The first kappa shape index (κ1) is 15.4. The summed E-state index contributed by atoms with van der Waals surface area (Å²) in [6.45, 7) is 3.29. The van der Waals surface area contributed by atoms with E-state index in [1.807, 2.05) is 0 Å². The molecule has 0 unspecified atom stereocenters. The van der Waals surface area contributed by atoms with Gasteiger partial charge in [-0.15, -0.1) is 0 Å². The first-order valence-corrected chi connectivity index (χ1v) is 7.51. The van der Waals surface area contributed by atoms with Crippen LogP contribution >= 0.6 is 0 Å². The van der Waals surface area contributed by atoms with Gasteiger partial charge in [-0.1, -0.05) is 12.1 Å². The molecule has 1 aromatic carbocycles. The van der Waals surface area contributed by atoms with Gasteiger partial charge in [0.05, 0.1) is 23.7 Å². The topological polar surface area (TPSA) is 77.5 Å². The highest BCUT2D eigenvalue weighted by atomic mass is 32.2. The van der Waals surface area contributed by atoms with Gasteiger partial charge in [0.15, 0.2) is 15.6 Å². The van der Waals surface area contributed by atoms with Gasteiger partial charge < -0.3 is 4.74 Å². The Morgan fingerprint density at radius 2 is 1.74 bits per heavy atom. The number of ketones is 1. The molecule has 0 saturated carbocycles. The van der Waals surface area contributed by atoms with Crippen molar-refractivity contribution >= 4 is 21.6 Å². The summed E-state index contributed by atoms with van der Waals surface area (Å²) >= 11 is 0. The summed E-state index contributed by atoms with van der Waals surface area (Å²) in [4.78, 5) is 22.3. The van der Waals surface area contributed by atoms with Gasteiger partial charge in [-0.3, -0.25) is 9.59 Å². The summed E-state index contributed by atoms with van der Waals surface area (Å²) in [5, 5.41) is 0. The molecule has 0 aliphatic carbocycles. The average molecular weight is 284 g/mol. The molecular formula is C13H16O5S. The Kier molecular flexibility index (Phi) is 5.23. The molecule has 0 atom stereocenters. The van der Waals surface area contributed by atoms with E-state index in [-0.39, 0.29) is 29.5 Å². The van der Waals surface area contributed by atoms with Crippen LogP contribution in [-0.2, 0) is 19.4 Å². The van der Waals surface area contributed by atoms with Crippen LogP contribution in [-0.4, -0.2) is 32.5 Å². The number of ether oxygens (including phenoxy) is 1. The maximum absolute atomic E-state index is 11.9. The summed E-state index contributed by atoms with van der Waals surface area (Å²) in [5.74, 6) is -0.965. The van der Waals surface area contributed by atoms with Crippen LogP contribution in [0.2, 0.25) is 0 Å². The third-order valence-electron chi connectivity index (χ3n) is 2.50. The molecule has 1 rings (SSSR count). The van der Waals surface area contributed by atoms with Gasteiger partial charge in [0.2, 0.25) is 0 Å². The second-order valence-corrected chi connectivity index (χ2v) is 6.06. The van der Waals surface area contributed by atoms with Crippen molar-refractivity contribution in [3.05, 3.63) is 29.8 Å². The molecule has 0 spiro atoms. The number of carbonyl (C=O) groups excluding carboxylic acids is 2. The first-order chi connectivity index (χ1) is 8.86. The molecule has 6 heteroatoms. The Morgan fingerprint density at radius 3 is 2.21 bits per heavy atom. The SMILES string of the molecule is CCOC(=O)CCS(=O)(=O)c1ccc(C(C)=O)cc1. The van der Waals surface area contributed by atoms with Gasteiger partial charge in [0.1, 0.15) is 0 Å². The van der Waals surface area contributed by atoms with Gasteiger partial charge in [-0.05, 0) is 26.0 Å². The maximum atomic E-state index is 11.9. The van der Waals surface area contributed by atoms with Crippen LogP contribution in [0.1, 0.15) is 30.6 Å². The van der Waals surface area contributed by atoms with E-state index in [1.54, 1.807) is 6.92 Å². The standard InChI is InChI=1S/C13H16O5S/c1-3-18-13(15)8-9-19(16,17)12-6-4-11(5-7-12)10(2)14/h4-7H,3,8-9H2,1-2H3. The highest BCUT2D eigenvalue weighted by molar-refractivity contribution is 7.91. The number of carbonyl (C=O) groups is 2. The third-order valence-corrected chi connectivity index (χ3v) is 4.23. The van der Waals surface area contributed by atoms with E-state index in [0.29, 0.717) is 5.56 Å². The average Bonchev–Trinajstić information content (AvgIpc) is 2.37.